The molecular weight excluding hydrogens is 212 g/mol. The minimum absolute atomic E-state index is 0.116. The molecule has 0 spiro atoms. The van der Waals surface area contributed by atoms with Crippen LogP contribution in [0.4, 0.5) is 0 Å². The topological polar surface area (TPSA) is 109 Å². The molecule has 0 aromatic heterocycles. The molecule has 1 aliphatic heterocycles. The van der Waals surface area contributed by atoms with Crippen LogP contribution in [0.1, 0.15) is 6.42 Å². The summed E-state index contributed by atoms with van der Waals surface area (Å²) in [4.78, 5) is 21.1. The Morgan fingerprint density at radius 3 is 2.00 bits per heavy atom. The van der Waals surface area contributed by atoms with Crippen molar-refractivity contribution < 1.29 is 28.2 Å². The van der Waals surface area contributed by atoms with Gasteiger partial charge in [0.2, 0.25) is 0 Å². The highest BCUT2D eigenvalue weighted by Crippen LogP contribution is 2.26. The maximum absolute atomic E-state index is 11.0. The summed E-state index contributed by atoms with van der Waals surface area (Å²) in [5.41, 5.74) is 0. The lowest BCUT2D eigenvalue weighted by molar-refractivity contribution is -0.156. The van der Waals surface area contributed by atoms with Crippen molar-refractivity contribution in [1.82, 2.24) is 0 Å². The lowest BCUT2D eigenvalue weighted by Gasteiger charge is -2.12. The quantitative estimate of drug-likeness (QED) is 0.605. The van der Waals surface area contributed by atoms with Gasteiger partial charge in [0.15, 0.2) is 15.8 Å². The van der Waals surface area contributed by atoms with E-state index < -0.39 is 33.6 Å². The molecular formula is C7H10O6S. The van der Waals surface area contributed by atoms with Crippen LogP contribution in [0.3, 0.4) is 0 Å². The van der Waals surface area contributed by atoms with Crippen LogP contribution >= 0.6 is 0 Å². The number of hydrogen-bond donors (Lipinski definition) is 2. The number of carbonyl (C=O) groups is 2. The van der Waals surface area contributed by atoms with Crippen LogP contribution in [0.5, 0.6) is 0 Å². The van der Waals surface area contributed by atoms with Gasteiger partial charge in [0.25, 0.3) is 0 Å². The smallest absolute Gasteiger partial charge is 0.318 e. The van der Waals surface area contributed by atoms with Crippen LogP contribution in [-0.4, -0.2) is 42.1 Å². The molecule has 0 unspecified atom stereocenters. The van der Waals surface area contributed by atoms with Crippen molar-refractivity contribution in [2.45, 2.75) is 6.42 Å². The molecule has 2 N–H and O–H groups in total. The van der Waals surface area contributed by atoms with Gasteiger partial charge in [0.05, 0.1) is 11.5 Å². The first-order valence-corrected chi connectivity index (χ1v) is 5.81. The molecule has 0 aromatic rings. The zero-order valence-electron chi connectivity index (χ0n) is 7.21. The third-order valence-electron chi connectivity index (χ3n) is 2.27. The van der Waals surface area contributed by atoms with Crippen LogP contribution in [0.25, 0.3) is 0 Å². The van der Waals surface area contributed by atoms with Crippen molar-refractivity contribution in [2.24, 2.45) is 11.8 Å². The molecule has 1 aliphatic rings. The molecule has 0 radical (unpaired) electrons. The van der Waals surface area contributed by atoms with Crippen LogP contribution < -0.4 is 0 Å². The molecule has 6 nitrogen and oxygen atoms in total. The van der Waals surface area contributed by atoms with Crippen molar-refractivity contribution in [2.75, 3.05) is 11.5 Å². The summed E-state index contributed by atoms with van der Waals surface area (Å²) >= 11 is 0. The highest BCUT2D eigenvalue weighted by atomic mass is 32.2. The molecule has 1 heterocycles. The first-order chi connectivity index (χ1) is 6.33. The second kappa shape index (κ2) is 3.56. The molecule has 0 amide bonds. The average molecular weight is 222 g/mol. The highest BCUT2D eigenvalue weighted by molar-refractivity contribution is 7.91. The fraction of sp³-hybridized carbons (Fsp3) is 0.714. The van der Waals surface area contributed by atoms with Gasteiger partial charge in [-0.05, 0) is 12.3 Å². The van der Waals surface area contributed by atoms with Crippen LogP contribution in [-0.2, 0) is 19.4 Å². The zero-order valence-corrected chi connectivity index (χ0v) is 8.03. The van der Waals surface area contributed by atoms with Gasteiger partial charge < -0.3 is 10.2 Å². The van der Waals surface area contributed by atoms with Crippen LogP contribution in [0.2, 0.25) is 0 Å². The minimum Gasteiger partial charge on any atom is -0.481 e. The number of hydrogen-bond acceptors (Lipinski definition) is 4. The Morgan fingerprint density at radius 2 is 1.71 bits per heavy atom. The lowest BCUT2D eigenvalue weighted by atomic mass is 9.92. The summed E-state index contributed by atoms with van der Waals surface area (Å²) in [5, 5.41) is 17.2. The van der Waals surface area contributed by atoms with Crippen LogP contribution in [0.15, 0.2) is 0 Å². The van der Waals surface area contributed by atoms with Crippen LogP contribution in [0, 0.1) is 11.8 Å². The van der Waals surface area contributed by atoms with E-state index in [-0.39, 0.29) is 17.9 Å². The molecule has 1 fully saturated rings. The van der Waals surface area contributed by atoms with E-state index in [0.717, 1.165) is 0 Å². The second-order valence-electron chi connectivity index (χ2n) is 3.32. The third-order valence-corrected chi connectivity index (χ3v) is 4.06. The molecule has 7 heteroatoms. The summed E-state index contributed by atoms with van der Waals surface area (Å²) in [5.74, 6) is -5.80. The Hall–Kier alpha value is -1.11. The van der Waals surface area contributed by atoms with Gasteiger partial charge in [-0.25, -0.2) is 8.42 Å². The second-order valence-corrected chi connectivity index (χ2v) is 5.55. The molecule has 0 aromatic carbocycles. The largest absolute Gasteiger partial charge is 0.481 e. The maximum atomic E-state index is 11.0. The minimum atomic E-state index is -3.23. The van der Waals surface area contributed by atoms with E-state index in [1.807, 2.05) is 0 Å². The first kappa shape index (κ1) is 11.0. The van der Waals surface area contributed by atoms with Crippen molar-refractivity contribution in [1.29, 1.82) is 0 Å². The lowest BCUT2D eigenvalue weighted by Crippen LogP contribution is -2.31. The van der Waals surface area contributed by atoms with Gasteiger partial charge in [-0.2, -0.15) is 0 Å². The standard InChI is InChI=1S/C7H10O6S/c8-6(9)5(7(10)11)4-1-2-14(12,13)3-4/h4-5H,1-3H2,(H,8,9)(H,10,11)/t4-/m1/s1. The summed E-state index contributed by atoms with van der Waals surface area (Å²) < 4.78 is 22.0. The Morgan fingerprint density at radius 1 is 1.21 bits per heavy atom. The summed E-state index contributed by atoms with van der Waals surface area (Å²) in [6, 6.07) is 0. The Labute approximate surface area is 80.5 Å². The predicted octanol–water partition coefficient (Wildman–Crippen LogP) is -0.793. The Balaban J connectivity index is 2.83. The van der Waals surface area contributed by atoms with Crippen molar-refractivity contribution >= 4 is 21.8 Å². The van der Waals surface area contributed by atoms with Gasteiger partial charge >= 0.3 is 11.9 Å². The average Bonchev–Trinajstić information content (AvgIpc) is 2.28. The Kier molecular flexibility index (Phi) is 2.79. The number of aliphatic carboxylic acids is 2. The third kappa shape index (κ3) is 2.22. The van der Waals surface area contributed by atoms with Crippen molar-refractivity contribution in [3.05, 3.63) is 0 Å². The number of rotatable bonds is 3. The van der Waals surface area contributed by atoms with E-state index in [1.165, 1.54) is 0 Å². The predicted molar refractivity (Wildman–Crippen MR) is 45.5 cm³/mol. The van der Waals surface area contributed by atoms with Gasteiger partial charge in [-0.3, -0.25) is 9.59 Å². The molecule has 0 aliphatic carbocycles. The van der Waals surface area contributed by atoms with E-state index in [9.17, 15) is 18.0 Å². The van der Waals surface area contributed by atoms with Crippen molar-refractivity contribution in [3.63, 3.8) is 0 Å². The van der Waals surface area contributed by atoms with E-state index in [0.29, 0.717) is 0 Å². The van der Waals surface area contributed by atoms with Gasteiger partial charge in [-0.15, -0.1) is 0 Å². The fourth-order valence-corrected chi connectivity index (χ4v) is 3.44. The number of sulfone groups is 1. The van der Waals surface area contributed by atoms with Gasteiger partial charge in [0, 0.05) is 0 Å². The summed E-state index contributed by atoms with van der Waals surface area (Å²) in [6.07, 6.45) is 0.117. The Bertz CT molecular complexity index is 342. The molecule has 14 heavy (non-hydrogen) atoms. The monoisotopic (exact) mass is 222 g/mol. The summed E-state index contributed by atoms with van der Waals surface area (Å²) in [7, 11) is -3.23. The molecule has 1 rings (SSSR count). The van der Waals surface area contributed by atoms with Gasteiger partial charge in [0.1, 0.15) is 0 Å². The summed E-state index contributed by atoms with van der Waals surface area (Å²) in [6.45, 7) is 0. The normalized spacial score (nSPS) is 25.1. The number of carboxylic acids is 2. The molecule has 0 bridgehead atoms. The maximum Gasteiger partial charge on any atom is 0.318 e. The molecule has 0 saturated carbocycles. The molecule has 80 valence electrons. The van der Waals surface area contributed by atoms with E-state index >= 15 is 0 Å². The highest BCUT2D eigenvalue weighted by Gasteiger charge is 2.41. The first-order valence-electron chi connectivity index (χ1n) is 3.99. The van der Waals surface area contributed by atoms with E-state index in [1.54, 1.807) is 0 Å². The van der Waals surface area contributed by atoms with Gasteiger partial charge in [-0.1, -0.05) is 0 Å². The molecule has 1 atom stereocenters. The fourth-order valence-electron chi connectivity index (χ4n) is 1.60. The zero-order chi connectivity index (χ0) is 10.9. The number of carboxylic acid groups (broad SMARTS) is 2. The molecule has 1 saturated heterocycles. The van der Waals surface area contributed by atoms with E-state index in [4.69, 9.17) is 10.2 Å². The van der Waals surface area contributed by atoms with Crippen molar-refractivity contribution in [3.8, 4) is 0 Å². The van der Waals surface area contributed by atoms with E-state index in [2.05, 4.69) is 0 Å². The SMILES string of the molecule is O=C(O)C(C(=O)O)[C@@H]1CCS(=O)(=O)C1.